The Morgan fingerprint density at radius 3 is 2.62 bits per heavy atom. The van der Waals surface area contributed by atoms with E-state index in [1.165, 1.54) is 24.1 Å². The van der Waals surface area contributed by atoms with Gasteiger partial charge in [0.05, 0.1) is 6.61 Å². The number of ether oxygens (including phenoxy) is 1. The molecular formula is C23H36N2O4. The summed E-state index contributed by atoms with van der Waals surface area (Å²) in [4.78, 5) is 28.3. The van der Waals surface area contributed by atoms with Gasteiger partial charge in [-0.25, -0.2) is 4.79 Å². The Hall–Kier alpha value is -1.95. The van der Waals surface area contributed by atoms with Gasteiger partial charge in [0.2, 0.25) is 5.91 Å². The number of aromatic nitrogens is 1. The maximum Gasteiger partial charge on any atom is 0.326 e. The van der Waals surface area contributed by atoms with E-state index in [1.807, 2.05) is 13.8 Å². The van der Waals surface area contributed by atoms with E-state index in [1.54, 1.807) is 0 Å². The second-order valence-corrected chi connectivity index (χ2v) is 7.89. The highest BCUT2D eigenvalue weighted by atomic mass is 16.5. The molecule has 1 aliphatic carbocycles. The number of carboxylic acid groups (broad SMARTS) is 1. The number of carbonyl (C=O) groups excluding carboxylic acids is 1. The van der Waals surface area contributed by atoms with E-state index in [0.717, 1.165) is 44.2 Å². The van der Waals surface area contributed by atoms with Gasteiger partial charge in [0.1, 0.15) is 6.04 Å². The van der Waals surface area contributed by atoms with Crippen LogP contribution < -0.4 is 5.32 Å². The fourth-order valence-electron chi connectivity index (χ4n) is 3.80. The number of carboxylic acids is 1. The molecule has 0 radical (unpaired) electrons. The third-order valence-electron chi connectivity index (χ3n) is 5.74. The van der Waals surface area contributed by atoms with Crippen LogP contribution in [0.3, 0.4) is 0 Å². The van der Waals surface area contributed by atoms with Crippen LogP contribution in [0.15, 0.2) is 12.1 Å². The van der Waals surface area contributed by atoms with Crippen LogP contribution in [-0.2, 0) is 33.6 Å². The number of carbonyl (C=O) groups is 2. The Morgan fingerprint density at radius 2 is 1.90 bits per heavy atom. The summed E-state index contributed by atoms with van der Waals surface area (Å²) >= 11 is 0. The van der Waals surface area contributed by atoms with Crippen molar-refractivity contribution in [3.05, 3.63) is 29.1 Å². The van der Waals surface area contributed by atoms with Gasteiger partial charge in [-0.1, -0.05) is 19.9 Å². The van der Waals surface area contributed by atoms with Crippen molar-refractivity contribution < 1.29 is 19.4 Å². The molecule has 0 bridgehead atoms. The first-order chi connectivity index (χ1) is 14.0. The molecule has 0 aromatic carbocycles. The second kappa shape index (κ2) is 12.6. The third-order valence-corrected chi connectivity index (χ3v) is 5.74. The minimum absolute atomic E-state index is 0.114. The van der Waals surface area contributed by atoms with E-state index in [4.69, 9.17) is 9.72 Å². The number of pyridine rings is 1. The van der Waals surface area contributed by atoms with Crippen molar-refractivity contribution in [3.8, 4) is 0 Å². The minimum atomic E-state index is -0.969. The van der Waals surface area contributed by atoms with Gasteiger partial charge >= 0.3 is 5.97 Å². The zero-order valence-corrected chi connectivity index (χ0v) is 17.9. The molecule has 0 fully saturated rings. The van der Waals surface area contributed by atoms with Crippen molar-refractivity contribution >= 4 is 11.9 Å². The summed E-state index contributed by atoms with van der Waals surface area (Å²) < 4.78 is 5.70. The first-order valence-corrected chi connectivity index (χ1v) is 11.1. The summed E-state index contributed by atoms with van der Waals surface area (Å²) in [6.45, 7) is 5.11. The lowest BCUT2D eigenvalue weighted by molar-refractivity contribution is -0.142. The number of rotatable bonds is 13. The highest BCUT2D eigenvalue weighted by Crippen LogP contribution is 2.19. The van der Waals surface area contributed by atoms with Gasteiger partial charge in [-0.2, -0.15) is 0 Å². The number of unbranched alkanes of at least 4 members (excludes halogenated alkanes) is 1. The van der Waals surface area contributed by atoms with Crippen LogP contribution in [0, 0.1) is 5.92 Å². The normalized spacial score (nSPS) is 14.4. The molecule has 6 nitrogen and oxygen atoms in total. The predicted octanol–water partition coefficient (Wildman–Crippen LogP) is 3.70. The highest BCUT2D eigenvalue weighted by molar-refractivity contribution is 5.84. The predicted molar refractivity (Wildman–Crippen MR) is 113 cm³/mol. The van der Waals surface area contributed by atoms with Gasteiger partial charge in [-0.15, -0.1) is 0 Å². The van der Waals surface area contributed by atoms with E-state index in [2.05, 4.69) is 17.4 Å². The topological polar surface area (TPSA) is 88.5 Å². The summed E-state index contributed by atoms with van der Waals surface area (Å²) in [5.41, 5.74) is 3.73. The molecule has 0 saturated heterocycles. The zero-order valence-electron chi connectivity index (χ0n) is 17.9. The first-order valence-electron chi connectivity index (χ1n) is 11.1. The van der Waals surface area contributed by atoms with Crippen LogP contribution in [-0.4, -0.2) is 41.2 Å². The van der Waals surface area contributed by atoms with Crippen LogP contribution in [0.1, 0.15) is 75.7 Å². The van der Waals surface area contributed by atoms with Crippen molar-refractivity contribution in [2.45, 2.75) is 84.1 Å². The molecule has 2 rings (SSSR count). The van der Waals surface area contributed by atoms with Crippen molar-refractivity contribution in [1.82, 2.24) is 10.3 Å². The molecule has 1 aromatic rings. The summed E-state index contributed by atoms with van der Waals surface area (Å²) in [6, 6.07) is 3.49. The smallest absolute Gasteiger partial charge is 0.326 e. The van der Waals surface area contributed by atoms with E-state index >= 15 is 0 Å². The Labute approximate surface area is 174 Å². The first kappa shape index (κ1) is 23.3. The van der Waals surface area contributed by atoms with Crippen molar-refractivity contribution in [2.24, 2.45) is 5.92 Å². The van der Waals surface area contributed by atoms with Crippen LogP contribution >= 0.6 is 0 Å². The maximum absolute atomic E-state index is 12.1. The molecule has 0 spiro atoms. The highest BCUT2D eigenvalue weighted by Gasteiger charge is 2.23. The van der Waals surface area contributed by atoms with Crippen LogP contribution in [0.5, 0.6) is 0 Å². The molecule has 2 N–H and O–H groups in total. The van der Waals surface area contributed by atoms with E-state index in [-0.39, 0.29) is 11.8 Å². The lowest BCUT2D eigenvalue weighted by Crippen LogP contribution is -2.43. The molecule has 162 valence electrons. The molecule has 1 unspecified atom stereocenters. The lowest BCUT2D eigenvalue weighted by Gasteiger charge is -2.18. The number of nitrogens with one attached hydrogen (secondary N) is 1. The Bertz CT molecular complexity index is 658. The SMILES string of the molecule is CCC(CC)C(=O)NC(CCCCOCCc1ccc2c(n1)CCCC2)C(=O)O. The lowest BCUT2D eigenvalue weighted by atomic mass is 9.96. The van der Waals surface area contributed by atoms with Gasteiger partial charge in [-0.3, -0.25) is 9.78 Å². The van der Waals surface area contributed by atoms with Gasteiger partial charge in [0.15, 0.2) is 0 Å². The maximum atomic E-state index is 12.1. The minimum Gasteiger partial charge on any atom is -0.480 e. The number of fused-ring (bicyclic) bond motifs is 1. The Kier molecular flexibility index (Phi) is 10.1. The number of hydrogen-bond donors (Lipinski definition) is 2. The molecule has 1 atom stereocenters. The van der Waals surface area contributed by atoms with Crippen molar-refractivity contribution in [1.29, 1.82) is 0 Å². The number of aryl methyl sites for hydroxylation is 2. The van der Waals surface area contributed by atoms with E-state index < -0.39 is 12.0 Å². The molecule has 1 aromatic heterocycles. The quantitative estimate of drug-likeness (QED) is 0.490. The fraction of sp³-hybridized carbons (Fsp3) is 0.696. The Balaban J connectivity index is 1.61. The van der Waals surface area contributed by atoms with E-state index in [0.29, 0.717) is 26.1 Å². The molecule has 29 heavy (non-hydrogen) atoms. The summed E-state index contributed by atoms with van der Waals surface area (Å²) in [7, 11) is 0. The number of hydrogen-bond acceptors (Lipinski definition) is 4. The van der Waals surface area contributed by atoms with Gasteiger partial charge in [-0.05, 0) is 69.4 Å². The fourth-order valence-corrected chi connectivity index (χ4v) is 3.80. The molecule has 1 amide bonds. The molecule has 1 aliphatic rings. The average molecular weight is 405 g/mol. The third kappa shape index (κ3) is 7.77. The van der Waals surface area contributed by atoms with Crippen molar-refractivity contribution in [3.63, 3.8) is 0 Å². The van der Waals surface area contributed by atoms with Crippen LogP contribution in [0.4, 0.5) is 0 Å². The van der Waals surface area contributed by atoms with Crippen LogP contribution in [0.2, 0.25) is 0 Å². The van der Waals surface area contributed by atoms with Gasteiger partial charge in [0.25, 0.3) is 0 Å². The monoisotopic (exact) mass is 404 g/mol. The van der Waals surface area contributed by atoms with Crippen molar-refractivity contribution in [2.75, 3.05) is 13.2 Å². The van der Waals surface area contributed by atoms with Gasteiger partial charge in [0, 0.05) is 30.3 Å². The molecule has 1 heterocycles. The Morgan fingerprint density at radius 1 is 1.14 bits per heavy atom. The molecule has 0 aliphatic heterocycles. The number of nitrogens with zero attached hydrogens (tertiary/aromatic N) is 1. The zero-order chi connectivity index (χ0) is 21.1. The van der Waals surface area contributed by atoms with Gasteiger partial charge < -0.3 is 15.2 Å². The molecule has 0 saturated carbocycles. The number of aliphatic carboxylic acids is 1. The average Bonchev–Trinajstić information content (AvgIpc) is 2.72. The standard InChI is InChI=1S/C23H36N2O4/c1-3-17(4-2)22(26)25-21(23(27)28)11-7-8-15-29-16-14-19-13-12-18-9-5-6-10-20(18)24-19/h12-13,17,21H,3-11,14-16H2,1-2H3,(H,25,26)(H,27,28). The van der Waals surface area contributed by atoms with Crippen LogP contribution in [0.25, 0.3) is 0 Å². The summed E-state index contributed by atoms with van der Waals surface area (Å²) in [6.07, 6.45) is 8.89. The summed E-state index contributed by atoms with van der Waals surface area (Å²) in [5.74, 6) is -1.24. The van der Waals surface area contributed by atoms with E-state index in [9.17, 15) is 14.7 Å². The summed E-state index contributed by atoms with van der Waals surface area (Å²) in [5, 5.41) is 12.0. The number of amides is 1. The molecule has 6 heteroatoms. The largest absolute Gasteiger partial charge is 0.480 e. The second-order valence-electron chi connectivity index (χ2n) is 7.89. The molecular weight excluding hydrogens is 368 g/mol.